The van der Waals surface area contributed by atoms with Crippen molar-refractivity contribution in [3.05, 3.63) is 103 Å². The fourth-order valence-electron chi connectivity index (χ4n) is 3.11. The molecule has 0 atom stereocenters. The summed E-state index contributed by atoms with van der Waals surface area (Å²) in [6.45, 7) is 0. The van der Waals surface area contributed by atoms with Gasteiger partial charge in [-0.15, -0.1) is 0 Å². The van der Waals surface area contributed by atoms with Gasteiger partial charge in [-0.2, -0.15) is 0 Å². The average molecular weight is 369 g/mol. The summed E-state index contributed by atoms with van der Waals surface area (Å²) in [5, 5.41) is 0. The second-order valence-corrected chi connectivity index (χ2v) is 6.09. The lowest BCUT2D eigenvalue weighted by Gasteiger charge is -2.33. The molecule has 4 aromatic rings. The second-order valence-electron chi connectivity index (χ2n) is 6.09. The molecule has 0 amide bonds. The molecule has 0 aliphatic carbocycles. The van der Waals surface area contributed by atoms with Crippen LogP contribution >= 0.6 is 0 Å². The monoisotopic (exact) mass is 369 g/mol. The topological polar surface area (TPSA) is 64.0 Å². The maximum Gasteiger partial charge on any atom is 0.213 e. The highest BCUT2D eigenvalue weighted by molar-refractivity contribution is 5.63. The second kappa shape index (κ2) is 8.26. The zero-order valence-electron chi connectivity index (χ0n) is 15.4. The Morgan fingerprint density at radius 3 is 2.00 bits per heavy atom. The minimum absolute atomic E-state index is 0.174. The van der Waals surface area contributed by atoms with Gasteiger partial charge in [0.1, 0.15) is 5.82 Å². The number of methoxy groups -OCH3 is 1. The van der Waals surface area contributed by atoms with Crippen molar-refractivity contribution in [2.45, 2.75) is 6.04 Å². The lowest BCUT2D eigenvalue weighted by atomic mass is 9.99. The minimum atomic E-state index is -0.174. The molecule has 0 unspecified atom stereocenters. The van der Waals surface area contributed by atoms with E-state index in [1.165, 1.54) is 0 Å². The van der Waals surface area contributed by atoms with E-state index in [9.17, 15) is 0 Å². The van der Waals surface area contributed by atoms with Crippen molar-refractivity contribution in [3.8, 4) is 5.88 Å². The third-order valence-corrected chi connectivity index (χ3v) is 4.36. The van der Waals surface area contributed by atoms with Crippen molar-refractivity contribution in [1.29, 1.82) is 0 Å². The molecule has 0 fully saturated rings. The number of anilines is 2. The Morgan fingerprint density at radius 2 is 1.50 bits per heavy atom. The molecule has 0 aromatic carbocycles. The van der Waals surface area contributed by atoms with E-state index in [-0.39, 0.29) is 6.04 Å². The first-order valence-corrected chi connectivity index (χ1v) is 8.87. The first-order chi connectivity index (χ1) is 13.9. The molecule has 0 N–H and O–H groups in total. The summed E-state index contributed by atoms with van der Waals surface area (Å²) in [5.74, 6) is 1.36. The third-order valence-electron chi connectivity index (χ3n) is 4.36. The molecule has 0 radical (unpaired) electrons. The van der Waals surface area contributed by atoms with Crippen molar-refractivity contribution in [3.63, 3.8) is 0 Å². The Labute approximate surface area is 163 Å². The van der Waals surface area contributed by atoms with Crippen LogP contribution in [0, 0.1) is 0 Å². The van der Waals surface area contributed by atoms with Gasteiger partial charge in [-0.05, 0) is 41.5 Å². The normalized spacial score (nSPS) is 10.6. The van der Waals surface area contributed by atoms with Gasteiger partial charge in [0.25, 0.3) is 0 Å². The van der Waals surface area contributed by atoms with Gasteiger partial charge in [-0.3, -0.25) is 9.97 Å². The van der Waals surface area contributed by atoms with E-state index in [0.29, 0.717) is 5.88 Å². The fourth-order valence-corrected chi connectivity index (χ4v) is 3.11. The Kier molecular flexibility index (Phi) is 5.20. The molecule has 0 aliphatic rings. The van der Waals surface area contributed by atoms with E-state index in [4.69, 9.17) is 4.74 Å². The smallest absolute Gasteiger partial charge is 0.213 e. The van der Waals surface area contributed by atoms with E-state index in [2.05, 4.69) is 37.0 Å². The van der Waals surface area contributed by atoms with Crippen molar-refractivity contribution < 1.29 is 4.74 Å². The van der Waals surface area contributed by atoms with Crippen LogP contribution in [0.25, 0.3) is 0 Å². The van der Waals surface area contributed by atoms with Crippen LogP contribution in [-0.4, -0.2) is 27.0 Å². The van der Waals surface area contributed by atoms with Crippen molar-refractivity contribution in [1.82, 2.24) is 19.9 Å². The molecule has 0 bridgehead atoms. The summed E-state index contributed by atoms with van der Waals surface area (Å²) in [6, 6.07) is 17.5. The molecule has 4 heterocycles. The van der Waals surface area contributed by atoms with E-state index in [1.807, 2.05) is 54.9 Å². The van der Waals surface area contributed by atoms with Gasteiger partial charge < -0.3 is 9.64 Å². The van der Waals surface area contributed by atoms with E-state index in [0.717, 1.165) is 22.6 Å². The number of nitrogens with zero attached hydrogens (tertiary/aromatic N) is 5. The average Bonchev–Trinajstić information content (AvgIpc) is 2.79. The van der Waals surface area contributed by atoms with Gasteiger partial charge in [0.2, 0.25) is 5.88 Å². The van der Waals surface area contributed by atoms with Gasteiger partial charge in [0, 0.05) is 37.1 Å². The van der Waals surface area contributed by atoms with Crippen LogP contribution in [0.1, 0.15) is 17.2 Å². The highest BCUT2D eigenvalue weighted by Crippen LogP contribution is 2.37. The number of hydrogen-bond acceptors (Lipinski definition) is 6. The molecule has 0 saturated heterocycles. The Balaban J connectivity index is 1.90. The fraction of sp³-hybridized carbons (Fsp3) is 0.0909. The van der Waals surface area contributed by atoms with E-state index >= 15 is 0 Å². The standard InChI is InChI=1S/C22H19N5O/c1-28-21-10-9-19(16-26-21)27(20-8-2-3-13-25-20)22(17-6-4-11-23-14-17)18-7-5-12-24-15-18/h2-16,22H,1H3. The summed E-state index contributed by atoms with van der Waals surface area (Å²) in [7, 11) is 1.60. The lowest BCUT2D eigenvalue weighted by molar-refractivity contribution is 0.398. The number of pyridine rings is 4. The Bertz CT molecular complexity index is 956. The quantitative estimate of drug-likeness (QED) is 0.507. The van der Waals surface area contributed by atoms with Crippen molar-refractivity contribution in [2.75, 3.05) is 12.0 Å². The van der Waals surface area contributed by atoms with Crippen LogP contribution in [0.15, 0.2) is 91.8 Å². The predicted octanol–water partition coefficient (Wildman–Crippen LogP) is 4.20. The van der Waals surface area contributed by atoms with Crippen molar-refractivity contribution >= 4 is 11.5 Å². The zero-order valence-corrected chi connectivity index (χ0v) is 15.4. The van der Waals surface area contributed by atoms with Gasteiger partial charge in [-0.1, -0.05) is 18.2 Å². The molecule has 6 nitrogen and oxygen atoms in total. The molecular formula is C22H19N5O. The van der Waals surface area contributed by atoms with Gasteiger partial charge >= 0.3 is 0 Å². The van der Waals surface area contributed by atoms with Gasteiger partial charge in [-0.25, -0.2) is 9.97 Å². The zero-order chi connectivity index (χ0) is 19.2. The first-order valence-electron chi connectivity index (χ1n) is 8.87. The van der Waals surface area contributed by atoms with Crippen LogP contribution in [0.3, 0.4) is 0 Å². The molecule has 0 saturated carbocycles. The highest BCUT2D eigenvalue weighted by atomic mass is 16.5. The summed E-state index contributed by atoms with van der Waals surface area (Å²) in [4.78, 5) is 19.8. The van der Waals surface area contributed by atoms with Crippen LogP contribution in [0.5, 0.6) is 5.88 Å². The molecular weight excluding hydrogens is 350 g/mol. The Morgan fingerprint density at radius 1 is 0.750 bits per heavy atom. The van der Waals surface area contributed by atoms with E-state index < -0.39 is 0 Å². The van der Waals surface area contributed by atoms with Crippen LogP contribution in [0.4, 0.5) is 11.5 Å². The molecule has 28 heavy (non-hydrogen) atoms. The predicted molar refractivity (Wildman–Crippen MR) is 107 cm³/mol. The SMILES string of the molecule is COc1ccc(N(c2ccccn2)C(c2cccnc2)c2cccnc2)cn1. The molecule has 4 rings (SSSR count). The van der Waals surface area contributed by atoms with Crippen molar-refractivity contribution in [2.24, 2.45) is 0 Å². The summed E-state index contributed by atoms with van der Waals surface area (Å²) in [5.41, 5.74) is 2.94. The van der Waals surface area contributed by atoms with E-state index in [1.54, 1.807) is 31.9 Å². The van der Waals surface area contributed by atoms with Gasteiger partial charge in [0.05, 0.1) is 25.0 Å². The Hall–Kier alpha value is -3.80. The number of rotatable bonds is 6. The third kappa shape index (κ3) is 3.66. The maximum absolute atomic E-state index is 5.22. The van der Waals surface area contributed by atoms with Crippen LogP contribution in [0.2, 0.25) is 0 Å². The molecule has 138 valence electrons. The summed E-state index contributed by atoms with van der Waals surface area (Å²) < 4.78 is 5.22. The molecule has 0 spiro atoms. The molecule has 6 heteroatoms. The first kappa shape index (κ1) is 17.6. The number of ether oxygens (including phenoxy) is 1. The highest BCUT2D eigenvalue weighted by Gasteiger charge is 2.26. The summed E-state index contributed by atoms with van der Waals surface area (Å²) in [6.07, 6.45) is 10.8. The number of aromatic nitrogens is 4. The molecule has 4 aromatic heterocycles. The van der Waals surface area contributed by atoms with Crippen LogP contribution < -0.4 is 9.64 Å². The molecule has 0 aliphatic heterocycles. The summed E-state index contributed by atoms with van der Waals surface area (Å²) >= 11 is 0. The lowest BCUT2D eigenvalue weighted by Crippen LogP contribution is -2.26. The maximum atomic E-state index is 5.22. The minimum Gasteiger partial charge on any atom is -0.481 e. The van der Waals surface area contributed by atoms with Gasteiger partial charge in [0.15, 0.2) is 0 Å². The largest absolute Gasteiger partial charge is 0.481 e. The number of hydrogen-bond donors (Lipinski definition) is 0. The van der Waals surface area contributed by atoms with Crippen LogP contribution in [-0.2, 0) is 0 Å².